The largest absolute Gasteiger partial charge is 0.310 e. The van der Waals surface area contributed by atoms with Crippen molar-refractivity contribution < 1.29 is 4.57 Å². The van der Waals surface area contributed by atoms with Crippen LogP contribution in [0.1, 0.15) is 13.3 Å². The zero-order chi connectivity index (χ0) is 10.0. The Hall–Kier alpha value is -1.07. The van der Waals surface area contributed by atoms with Crippen molar-refractivity contribution in [2.75, 3.05) is 0 Å². The Morgan fingerprint density at radius 2 is 1.93 bits per heavy atom. The molecule has 1 heterocycles. The molecule has 2 rings (SSSR count). The maximum absolute atomic E-state index is 12.4. The molecular formula is C12H13OP. The van der Waals surface area contributed by atoms with Crippen LogP contribution in [0.15, 0.2) is 53.6 Å². The molecule has 14 heavy (non-hydrogen) atoms. The molecule has 0 aliphatic carbocycles. The lowest BCUT2D eigenvalue weighted by Crippen LogP contribution is -1.98. The molecule has 0 saturated carbocycles. The third-order valence-corrected chi connectivity index (χ3v) is 4.85. The van der Waals surface area contributed by atoms with E-state index < -0.39 is 7.14 Å². The lowest BCUT2D eigenvalue weighted by atomic mass is 10.2. The van der Waals surface area contributed by atoms with Crippen LogP contribution in [0.5, 0.6) is 0 Å². The van der Waals surface area contributed by atoms with Crippen LogP contribution in [0, 0.1) is 0 Å². The summed E-state index contributed by atoms with van der Waals surface area (Å²) in [5.74, 6) is 3.77. The molecule has 1 aromatic rings. The molecule has 0 radical (unpaired) electrons. The Kier molecular flexibility index (Phi) is 2.43. The minimum absolute atomic E-state index is 0.930. The summed E-state index contributed by atoms with van der Waals surface area (Å²) < 4.78 is 12.4. The van der Waals surface area contributed by atoms with Gasteiger partial charge in [-0.15, -0.1) is 0 Å². The molecule has 0 aromatic heterocycles. The van der Waals surface area contributed by atoms with Gasteiger partial charge < -0.3 is 4.57 Å². The molecule has 72 valence electrons. The van der Waals surface area contributed by atoms with Crippen molar-refractivity contribution in [3.05, 3.63) is 53.6 Å². The predicted molar refractivity (Wildman–Crippen MR) is 61.2 cm³/mol. The molecule has 1 aliphatic rings. The third kappa shape index (κ3) is 1.60. The fraction of sp³-hybridized carbons (Fsp3) is 0.167. The SMILES string of the molecule is CCC1=CP(=O)(c2ccccc2)C=C1. The van der Waals surface area contributed by atoms with Crippen LogP contribution < -0.4 is 5.30 Å². The number of hydrogen-bond acceptors (Lipinski definition) is 1. The van der Waals surface area contributed by atoms with Gasteiger partial charge in [-0.3, -0.25) is 0 Å². The molecule has 0 amide bonds. The second-order valence-corrected chi connectivity index (χ2v) is 5.91. The van der Waals surface area contributed by atoms with Gasteiger partial charge >= 0.3 is 0 Å². The molecule has 0 bridgehead atoms. The number of allylic oxidation sites excluding steroid dienone is 2. The van der Waals surface area contributed by atoms with Gasteiger partial charge in [0.2, 0.25) is 0 Å². The van der Waals surface area contributed by atoms with E-state index in [9.17, 15) is 4.57 Å². The minimum atomic E-state index is -2.34. The van der Waals surface area contributed by atoms with E-state index in [1.54, 1.807) is 0 Å². The molecule has 0 N–H and O–H groups in total. The Morgan fingerprint density at radius 1 is 1.21 bits per heavy atom. The zero-order valence-electron chi connectivity index (χ0n) is 8.18. The molecule has 0 fully saturated rings. The van der Waals surface area contributed by atoms with Crippen LogP contribution in [0.3, 0.4) is 0 Å². The van der Waals surface area contributed by atoms with Crippen LogP contribution in [0.25, 0.3) is 0 Å². The summed E-state index contributed by atoms with van der Waals surface area (Å²) >= 11 is 0. The quantitative estimate of drug-likeness (QED) is 0.674. The predicted octanol–water partition coefficient (Wildman–Crippen LogP) is 3.50. The average Bonchev–Trinajstić information content (AvgIpc) is 2.63. The highest BCUT2D eigenvalue weighted by atomic mass is 31.2. The lowest BCUT2D eigenvalue weighted by molar-refractivity contribution is 0.592. The van der Waals surface area contributed by atoms with Gasteiger partial charge in [-0.05, 0) is 23.6 Å². The second kappa shape index (κ2) is 3.59. The molecular weight excluding hydrogens is 191 g/mol. The van der Waals surface area contributed by atoms with E-state index in [2.05, 4.69) is 6.92 Å². The Labute approximate surface area is 84.5 Å². The average molecular weight is 204 g/mol. The molecule has 1 aliphatic heterocycles. The van der Waals surface area contributed by atoms with Crippen molar-refractivity contribution >= 4 is 12.4 Å². The van der Waals surface area contributed by atoms with Crippen LogP contribution in [-0.4, -0.2) is 0 Å². The van der Waals surface area contributed by atoms with Gasteiger partial charge in [-0.25, -0.2) is 0 Å². The van der Waals surface area contributed by atoms with Gasteiger partial charge in [0.25, 0.3) is 0 Å². The fourth-order valence-electron chi connectivity index (χ4n) is 1.57. The molecule has 0 spiro atoms. The molecule has 1 nitrogen and oxygen atoms in total. The van der Waals surface area contributed by atoms with Gasteiger partial charge in [0.15, 0.2) is 7.14 Å². The van der Waals surface area contributed by atoms with E-state index in [0.717, 1.165) is 11.7 Å². The van der Waals surface area contributed by atoms with Gasteiger partial charge in [0, 0.05) is 5.30 Å². The summed E-state index contributed by atoms with van der Waals surface area (Å²) in [5.41, 5.74) is 1.18. The van der Waals surface area contributed by atoms with Crippen LogP contribution >= 0.6 is 7.14 Å². The van der Waals surface area contributed by atoms with E-state index in [4.69, 9.17) is 0 Å². The number of hydrogen-bond donors (Lipinski definition) is 0. The Bertz CT molecular complexity index is 429. The maximum atomic E-state index is 12.4. The molecule has 1 unspecified atom stereocenters. The molecule has 1 aromatic carbocycles. The van der Waals surface area contributed by atoms with Crippen molar-refractivity contribution in [1.82, 2.24) is 0 Å². The first kappa shape index (κ1) is 9.48. The third-order valence-electron chi connectivity index (χ3n) is 2.44. The first-order valence-electron chi connectivity index (χ1n) is 4.80. The molecule has 2 heteroatoms. The number of rotatable bonds is 2. The van der Waals surface area contributed by atoms with Crippen LogP contribution in [0.2, 0.25) is 0 Å². The van der Waals surface area contributed by atoms with E-state index in [1.807, 2.05) is 48.0 Å². The summed E-state index contributed by atoms with van der Waals surface area (Å²) in [6, 6.07) is 9.67. The van der Waals surface area contributed by atoms with Crippen molar-refractivity contribution in [2.45, 2.75) is 13.3 Å². The van der Waals surface area contributed by atoms with Gasteiger partial charge in [0.1, 0.15) is 0 Å². The van der Waals surface area contributed by atoms with E-state index >= 15 is 0 Å². The summed E-state index contributed by atoms with van der Waals surface area (Å²) in [4.78, 5) is 0. The second-order valence-electron chi connectivity index (χ2n) is 3.42. The first-order chi connectivity index (χ1) is 6.74. The first-order valence-corrected chi connectivity index (χ1v) is 6.65. The number of benzene rings is 1. The lowest BCUT2D eigenvalue weighted by Gasteiger charge is -2.06. The van der Waals surface area contributed by atoms with E-state index in [-0.39, 0.29) is 0 Å². The fourth-order valence-corrected chi connectivity index (χ4v) is 3.79. The normalized spacial score (nSPS) is 25.1. The highest BCUT2D eigenvalue weighted by Crippen LogP contribution is 2.52. The zero-order valence-corrected chi connectivity index (χ0v) is 9.08. The van der Waals surface area contributed by atoms with Gasteiger partial charge in [-0.1, -0.05) is 43.3 Å². The maximum Gasteiger partial charge on any atom is 0.157 e. The van der Waals surface area contributed by atoms with Crippen molar-refractivity contribution in [2.24, 2.45) is 0 Å². The summed E-state index contributed by atoms with van der Waals surface area (Å²) in [5, 5.41) is 0.930. The highest BCUT2D eigenvalue weighted by Gasteiger charge is 2.22. The van der Waals surface area contributed by atoms with Crippen LogP contribution in [0.4, 0.5) is 0 Å². The van der Waals surface area contributed by atoms with Gasteiger partial charge in [0.05, 0.1) is 0 Å². The summed E-state index contributed by atoms with van der Waals surface area (Å²) in [6.07, 6.45) is 2.93. The van der Waals surface area contributed by atoms with Crippen molar-refractivity contribution in [3.8, 4) is 0 Å². The van der Waals surface area contributed by atoms with Crippen LogP contribution in [-0.2, 0) is 4.57 Å². The Morgan fingerprint density at radius 3 is 2.50 bits per heavy atom. The van der Waals surface area contributed by atoms with E-state index in [1.165, 1.54) is 5.57 Å². The molecule has 0 saturated heterocycles. The summed E-state index contributed by atoms with van der Waals surface area (Å²) in [7, 11) is -2.34. The smallest absolute Gasteiger partial charge is 0.157 e. The molecule has 1 atom stereocenters. The highest BCUT2D eigenvalue weighted by molar-refractivity contribution is 7.77. The van der Waals surface area contributed by atoms with Crippen molar-refractivity contribution in [3.63, 3.8) is 0 Å². The van der Waals surface area contributed by atoms with E-state index in [0.29, 0.717) is 0 Å². The Balaban J connectivity index is 2.43. The minimum Gasteiger partial charge on any atom is -0.310 e. The van der Waals surface area contributed by atoms with Gasteiger partial charge in [-0.2, -0.15) is 0 Å². The topological polar surface area (TPSA) is 17.1 Å². The van der Waals surface area contributed by atoms with Crippen molar-refractivity contribution in [1.29, 1.82) is 0 Å². The summed E-state index contributed by atoms with van der Waals surface area (Å²) in [6.45, 7) is 2.08. The standard InChI is InChI=1S/C12H13OP/c1-2-11-8-9-14(13,10-11)12-6-4-3-5-7-12/h3-10H,2H2,1H3. The monoisotopic (exact) mass is 204 g/mol.